The Morgan fingerprint density at radius 2 is 1.62 bits per heavy atom. The highest BCUT2D eigenvalue weighted by atomic mass is 35.5. The fourth-order valence-electron chi connectivity index (χ4n) is 4.26. The average Bonchev–Trinajstić information content (AvgIpc) is 3.37. The summed E-state index contributed by atoms with van der Waals surface area (Å²) in [7, 11) is 3.06. The molecule has 5 rings (SSSR count). The van der Waals surface area contributed by atoms with Gasteiger partial charge in [-0.05, 0) is 61.0 Å². The molecule has 0 bridgehead atoms. The molecule has 1 unspecified atom stereocenters. The first kappa shape index (κ1) is 27.6. The van der Waals surface area contributed by atoms with Crippen LogP contribution in [-0.2, 0) is 11.3 Å². The van der Waals surface area contributed by atoms with Crippen LogP contribution in [0.4, 0.5) is 22.2 Å². The van der Waals surface area contributed by atoms with Crippen molar-refractivity contribution in [2.45, 2.75) is 6.92 Å². The van der Waals surface area contributed by atoms with E-state index in [2.05, 4.69) is 0 Å². The zero-order valence-electron chi connectivity index (χ0n) is 21.7. The molecule has 1 amide bonds. The van der Waals surface area contributed by atoms with E-state index < -0.39 is 11.3 Å². The summed E-state index contributed by atoms with van der Waals surface area (Å²) in [5.74, 6) is 0.577. The summed E-state index contributed by atoms with van der Waals surface area (Å²) < 4.78 is 35.5. The van der Waals surface area contributed by atoms with Gasteiger partial charge >= 0.3 is 0 Å². The summed E-state index contributed by atoms with van der Waals surface area (Å²) in [6.07, 6.45) is 0. The van der Waals surface area contributed by atoms with Crippen molar-refractivity contribution in [1.29, 1.82) is 0 Å². The number of carbonyl (C=O) groups excluding carboxylic acids is 1. The molecule has 4 aromatic carbocycles. The van der Waals surface area contributed by atoms with Crippen LogP contribution in [0.1, 0.15) is 15.9 Å². The minimum absolute atomic E-state index is 0.306. The Balaban J connectivity index is 1.65. The third-order valence-corrected chi connectivity index (χ3v) is 8.26. The van der Waals surface area contributed by atoms with Crippen LogP contribution in [0.25, 0.3) is 10.2 Å². The van der Waals surface area contributed by atoms with E-state index in [4.69, 9.17) is 26.1 Å². The molecule has 5 aromatic rings. The molecule has 40 heavy (non-hydrogen) atoms. The quantitative estimate of drug-likeness (QED) is 0.187. The molecule has 0 saturated heterocycles. The number of aryl methyl sites for hydroxylation is 1. The Labute approximate surface area is 242 Å². The van der Waals surface area contributed by atoms with Gasteiger partial charge in [0.2, 0.25) is 0 Å². The van der Waals surface area contributed by atoms with Crippen molar-refractivity contribution >= 4 is 72.5 Å². The number of anilines is 4. The van der Waals surface area contributed by atoms with Crippen LogP contribution in [0.3, 0.4) is 0 Å². The second-order valence-electron chi connectivity index (χ2n) is 8.62. The number of hydrogen-bond donors (Lipinski definition) is 1. The van der Waals surface area contributed by atoms with Crippen molar-refractivity contribution in [1.82, 2.24) is 4.98 Å². The second-order valence-corrected chi connectivity index (χ2v) is 10.9. The molecule has 0 saturated carbocycles. The molecule has 0 fully saturated rings. The molecule has 0 radical (unpaired) electrons. The largest absolute Gasteiger partial charge is 0.493 e. The summed E-state index contributed by atoms with van der Waals surface area (Å²) in [5.41, 5.74) is 3.39. The normalized spacial score (nSPS) is 11.7. The number of carbonyl (C=O) groups is 1. The molecule has 0 aliphatic carbocycles. The number of benzene rings is 4. The maximum absolute atomic E-state index is 13.9. The Hall–Kier alpha value is -3.96. The number of rotatable bonds is 8. The van der Waals surface area contributed by atoms with Crippen LogP contribution in [-0.4, -0.2) is 33.9 Å². The Morgan fingerprint density at radius 3 is 2.33 bits per heavy atom. The smallest absolute Gasteiger partial charge is 0.266 e. The molecule has 11 heteroatoms. The summed E-state index contributed by atoms with van der Waals surface area (Å²) in [6, 6.07) is 24.6. The lowest BCUT2D eigenvalue weighted by atomic mass is 10.1. The maximum Gasteiger partial charge on any atom is 0.266 e. The summed E-state index contributed by atoms with van der Waals surface area (Å²) in [5, 5.41) is 0.692. The van der Waals surface area contributed by atoms with Crippen LogP contribution >= 0.6 is 22.9 Å². The standard InChI is InChI=1S/C29H24ClN3O5S2/c1-18-8-4-7-11-24(18)33(40(35)36)20-12-14-23-27(17-20)39-29(31-23)32(28(34)21-9-5-6-10-22(21)30)19-13-15-25(37-2)26(16-19)38-3/h4-17H,1-3H3,(H,35,36). The van der Waals surface area contributed by atoms with E-state index in [0.29, 0.717) is 54.5 Å². The number of hydrogen-bond acceptors (Lipinski definition) is 6. The zero-order chi connectivity index (χ0) is 28.4. The lowest BCUT2D eigenvalue weighted by Crippen LogP contribution is -2.26. The van der Waals surface area contributed by atoms with Gasteiger partial charge in [-0.15, -0.1) is 0 Å². The molecular weight excluding hydrogens is 570 g/mol. The highest BCUT2D eigenvalue weighted by Crippen LogP contribution is 2.41. The highest BCUT2D eigenvalue weighted by Gasteiger charge is 2.27. The third-order valence-electron chi connectivity index (χ3n) is 6.21. The number of amides is 1. The van der Waals surface area contributed by atoms with E-state index >= 15 is 0 Å². The third kappa shape index (κ3) is 5.26. The van der Waals surface area contributed by atoms with Gasteiger partial charge in [-0.2, -0.15) is 0 Å². The molecule has 0 spiro atoms. The van der Waals surface area contributed by atoms with E-state index in [1.807, 2.05) is 25.1 Å². The molecule has 1 aromatic heterocycles. The number of halogens is 1. The number of nitrogens with zero attached hydrogens (tertiary/aromatic N) is 3. The minimum Gasteiger partial charge on any atom is -0.493 e. The number of para-hydroxylation sites is 1. The van der Waals surface area contributed by atoms with Crippen LogP contribution in [0.2, 0.25) is 5.02 Å². The first-order valence-corrected chi connectivity index (χ1v) is 14.3. The van der Waals surface area contributed by atoms with Gasteiger partial charge in [0.05, 0.1) is 52.1 Å². The topological polar surface area (TPSA) is 92.2 Å². The van der Waals surface area contributed by atoms with Crippen LogP contribution in [0.5, 0.6) is 11.5 Å². The molecule has 204 valence electrons. The van der Waals surface area contributed by atoms with E-state index in [9.17, 15) is 13.6 Å². The fraction of sp³-hybridized carbons (Fsp3) is 0.103. The Bertz CT molecular complexity index is 1740. The molecule has 1 N–H and O–H groups in total. The predicted octanol–water partition coefficient (Wildman–Crippen LogP) is 7.53. The SMILES string of the molecule is COc1ccc(N(C(=O)c2ccccc2Cl)c2nc3ccc(N(c4ccccc4C)S(=O)O)cc3s2)cc1OC. The van der Waals surface area contributed by atoms with Crippen molar-refractivity contribution in [2.75, 3.05) is 23.4 Å². The van der Waals surface area contributed by atoms with Gasteiger partial charge in [-0.25, -0.2) is 13.5 Å². The van der Waals surface area contributed by atoms with E-state index in [1.165, 1.54) is 34.8 Å². The first-order valence-electron chi connectivity index (χ1n) is 12.0. The van der Waals surface area contributed by atoms with Crippen molar-refractivity contribution in [3.05, 3.63) is 101 Å². The van der Waals surface area contributed by atoms with E-state index in [-0.39, 0.29) is 5.91 Å². The summed E-state index contributed by atoms with van der Waals surface area (Å²) >= 11 is 5.36. The zero-order valence-corrected chi connectivity index (χ0v) is 24.1. The average molecular weight is 594 g/mol. The number of aromatic nitrogens is 1. The van der Waals surface area contributed by atoms with Crippen LogP contribution < -0.4 is 18.7 Å². The van der Waals surface area contributed by atoms with Gasteiger partial charge in [-0.1, -0.05) is 53.3 Å². The highest BCUT2D eigenvalue weighted by molar-refractivity contribution is 7.81. The molecular formula is C29H24ClN3O5S2. The van der Waals surface area contributed by atoms with Crippen LogP contribution in [0, 0.1) is 6.92 Å². The van der Waals surface area contributed by atoms with Crippen molar-refractivity contribution in [2.24, 2.45) is 0 Å². The minimum atomic E-state index is -2.32. The lowest BCUT2D eigenvalue weighted by molar-refractivity contribution is 0.0999. The fourth-order valence-corrected chi connectivity index (χ4v) is 6.16. The van der Waals surface area contributed by atoms with Gasteiger partial charge in [0.25, 0.3) is 17.2 Å². The molecule has 1 heterocycles. The molecule has 0 aliphatic heterocycles. The molecule has 1 atom stereocenters. The number of thiazole rings is 1. The van der Waals surface area contributed by atoms with Gasteiger partial charge < -0.3 is 9.47 Å². The second kappa shape index (κ2) is 11.6. The van der Waals surface area contributed by atoms with Crippen LogP contribution in [0.15, 0.2) is 84.9 Å². The van der Waals surface area contributed by atoms with Crippen molar-refractivity contribution in [3.8, 4) is 11.5 Å². The summed E-state index contributed by atoms with van der Waals surface area (Å²) in [6.45, 7) is 1.87. The summed E-state index contributed by atoms with van der Waals surface area (Å²) in [4.78, 5) is 20.2. The van der Waals surface area contributed by atoms with Gasteiger partial charge in [0.15, 0.2) is 16.6 Å². The van der Waals surface area contributed by atoms with Crippen molar-refractivity contribution in [3.63, 3.8) is 0 Å². The molecule has 0 aliphatic rings. The van der Waals surface area contributed by atoms with E-state index in [0.717, 1.165) is 5.56 Å². The van der Waals surface area contributed by atoms with Gasteiger partial charge in [0, 0.05) is 6.07 Å². The maximum atomic E-state index is 13.9. The lowest BCUT2D eigenvalue weighted by Gasteiger charge is -2.22. The Kier molecular flexibility index (Phi) is 8.04. The van der Waals surface area contributed by atoms with Gasteiger partial charge in [-0.3, -0.25) is 14.2 Å². The number of fused-ring (bicyclic) bond motifs is 1. The molecule has 8 nitrogen and oxygen atoms in total. The Morgan fingerprint density at radius 1 is 0.925 bits per heavy atom. The first-order chi connectivity index (χ1) is 19.3. The van der Waals surface area contributed by atoms with E-state index in [1.54, 1.807) is 66.7 Å². The van der Waals surface area contributed by atoms with Gasteiger partial charge in [0.1, 0.15) is 0 Å². The number of ether oxygens (including phenoxy) is 2. The number of methoxy groups -OCH3 is 2. The monoisotopic (exact) mass is 593 g/mol. The predicted molar refractivity (Wildman–Crippen MR) is 161 cm³/mol. The van der Waals surface area contributed by atoms with Crippen molar-refractivity contribution < 1.29 is 23.0 Å².